The fraction of sp³-hybridized carbons (Fsp3) is 0.462. The minimum absolute atomic E-state index is 0.176. The van der Waals surface area contributed by atoms with Crippen molar-refractivity contribution in [2.24, 2.45) is 0 Å². The van der Waals surface area contributed by atoms with Crippen molar-refractivity contribution in [2.45, 2.75) is 19.0 Å². The van der Waals surface area contributed by atoms with Gasteiger partial charge >= 0.3 is 5.69 Å². The Morgan fingerprint density at radius 3 is 2.89 bits per heavy atom. The molecule has 2 aromatic heterocycles. The monoisotopic (exact) mass is 259 g/mol. The molecule has 0 saturated carbocycles. The van der Waals surface area contributed by atoms with Gasteiger partial charge in [-0.3, -0.25) is 14.1 Å². The summed E-state index contributed by atoms with van der Waals surface area (Å²) in [5.74, 6) is 0. The Balaban J connectivity index is 1.55. The Bertz CT molecular complexity index is 577. The summed E-state index contributed by atoms with van der Waals surface area (Å²) in [6.07, 6.45) is 8.26. The number of aromatic nitrogens is 4. The first-order chi connectivity index (χ1) is 9.33. The van der Waals surface area contributed by atoms with E-state index in [1.165, 1.54) is 6.20 Å². The molecule has 19 heavy (non-hydrogen) atoms. The smallest absolute Gasteiger partial charge is 0.299 e. The van der Waals surface area contributed by atoms with Crippen molar-refractivity contribution >= 4 is 0 Å². The summed E-state index contributed by atoms with van der Waals surface area (Å²) in [4.78, 5) is 17.6. The quantitative estimate of drug-likeness (QED) is 0.797. The standard InChI is InChI=1S/C13H17N5O/c19-13-14-4-1-6-17(13)10-9-16-8-3-12(11-16)18-7-2-5-15-18/h1-2,4-7,12H,3,8-11H2. The molecule has 0 bridgehead atoms. The first-order valence-electron chi connectivity index (χ1n) is 6.56. The van der Waals surface area contributed by atoms with Gasteiger partial charge < -0.3 is 0 Å². The zero-order valence-corrected chi connectivity index (χ0v) is 10.7. The molecular weight excluding hydrogens is 242 g/mol. The molecule has 2 aromatic rings. The van der Waals surface area contributed by atoms with E-state index in [2.05, 4.69) is 15.0 Å². The van der Waals surface area contributed by atoms with Crippen LogP contribution < -0.4 is 5.69 Å². The molecule has 1 aliphatic heterocycles. The number of hydrogen-bond acceptors (Lipinski definition) is 4. The molecule has 0 spiro atoms. The van der Waals surface area contributed by atoms with Gasteiger partial charge in [-0.2, -0.15) is 5.10 Å². The molecule has 0 aliphatic carbocycles. The van der Waals surface area contributed by atoms with Crippen LogP contribution in [-0.2, 0) is 6.54 Å². The van der Waals surface area contributed by atoms with Crippen molar-refractivity contribution in [1.29, 1.82) is 0 Å². The largest absolute Gasteiger partial charge is 0.347 e. The van der Waals surface area contributed by atoms with Crippen LogP contribution in [0.1, 0.15) is 12.5 Å². The molecular formula is C13H17N5O. The van der Waals surface area contributed by atoms with E-state index in [1.807, 2.05) is 23.1 Å². The molecule has 0 aromatic carbocycles. The topological polar surface area (TPSA) is 56.0 Å². The van der Waals surface area contributed by atoms with Crippen LogP contribution in [0.3, 0.4) is 0 Å². The second-order valence-electron chi connectivity index (χ2n) is 4.82. The van der Waals surface area contributed by atoms with Gasteiger partial charge in [0.1, 0.15) is 0 Å². The summed E-state index contributed by atoms with van der Waals surface area (Å²) >= 11 is 0. The molecule has 6 heteroatoms. The minimum Gasteiger partial charge on any atom is -0.299 e. The Labute approximate surface area is 111 Å². The van der Waals surface area contributed by atoms with Crippen LogP contribution in [0.25, 0.3) is 0 Å². The Morgan fingerprint density at radius 2 is 2.11 bits per heavy atom. The third-order valence-electron chi connectivity index (χ3n) is 3.59. The van der Waals surface area contributed by atoms with Gasteiger partial charge in [0.25, 0.3) is 0 Å². The molecule has 1 unspecified atom stereocenters. The highest BCUT2D eigenvalue weighted by molar-refractivity contribution is 4.87. The predicted molar refractivity (Wildman–Crippen MR) is 70.8 cm³/mol. The van der Waals surface area contributed by atoms with E-state index in [0.29, 0.717) is 12.6 Å². The highest BCUT2D eigenvalue weighted by atomic mass is 16.1. The van der Waals surface area contributed by atoms with E-state index >= 15 is 0 Å². The van der Waals surface area contributed by atoms with Gasteiger partial charge in [0.15, 0.2) is 0 Å². The second kappa shape index (κ2) is 5.36. The molecule has 3 rings (SSSR count). The summed E-state index contributed by atoms with van der Waals surface area (Å²) in [5, 5.41) is 4.29. The van der Waals surface area contributed by atoms with Crippen LogP contribution in [0.4, 0.5) is 0 Å². The second-order valence-corrected chi connectivity index (χ2v) is 4.82. The molecule has 6 nitrogen and oxygen atoms in total. The zero-order chi connectivity index (χ0) is 13.1. The van der Waals surface area contributed by atoms with Crippen LogP contribution in [0.2, 0.25) is 0 Å². The lowest BCUT2D eigenvalue weighted by Crippen LogP contribution is -2.30. The van der Waals surface area contributed by atoms with Crippen LogP contribution in [-0.4, -0.2) is 43.9 Å². The van der Waals surface area contributed by atoms with Crippen molar-refractivity contribution in [3.63, 3.8) is 0 Å². The number of rotatable bonds is 4. The number of likely N-dealkylation sites (tertiary alicyclic amines) is 1. The predicted octanol–water partition coefficient (Wildman–Crippen LogP) is 0.387. The van der Waals surface area contributed by atoms with Gasteiger partial charge in [0.2, 0.25) is 0 Å². The number of nitrogens with zero attached hydrogens (tertiary/aromatic N) is 5. The minimum atomic E-state index is -0.176. The molecule has 0 radical (unpaired) electrons. The lowest BCUT2D eigenvalue weighted by atomic mass is 10.3. The molecule has 1 saturated heterocycles. The van der Waals surface area contributed by atoms with Gasteiger partial charge in [0.05, 0.1) is 6.04 Å². The van der Waals surface area contributed by atoms with E-state index in [9.17, 15) is 4.79 Å². The average Bonchev–Trinajstić information content (AvgIpc) is 3.09. The zero-order valence-electron chi connectivity index (χ0n) is 10.7. The van der Waals surface area contributed by atoms with E-state index < -0.39 is 0 Å². The van der Waals surface area contributed by atoms with Crippen LogP contribution >= 0.6 is 0 Å². The Kier molecular flexibility index (Phi) is 3.41. The van der Waals surface area contributed by atoms with Crippen LogP contribution in [0.5, 0.6) is 0 Å². The molecule has 1 atom stereocenters. The van der Waals surface area contributed by atoms with E-state index in [1.54, 1.807) is 16.8 Å². The maximum absolute atomic E-state index is 11.5. The molecule has 0 N–H and O–H groups in total. The summed E-state index contributed by atoms with van der Waals surface area (Å²) < 4.78 is 3.68. The average molecular weight is 259 g/mol. The van der Waals surface area contributed by atoms with E-state index in [0.717, 1.165) is 26.1 Å². The molecule has 100 valence electrons. The van der Waals surface area contributed by atoms with Crippen molar-refractivity contribution in [3.8, 4) is 0 Å². The third kappa shape index (κ3) is 2.73. The third-order valence-corrected chi connectivity index (χ3v) is 3.59. The molecule has 0 amide bonds. The van der Waals surface area contributed by atoms with Crippen molar-refractivity contribution in [1.82, 2.24) is 24.2 Å². The lowest BCUT2D eigenvalue weighted by molar-refractivity contribution is 0.303. The van der Waals surface area contributed by atoms with Crippen molar-refractivity contribution in [3.05, 3.63) is 47.4 Å². The normalized spacial score (nSPS) is 19.9. The van der Waals surface area contributed by atoms with Crippen molar-refractivity contribution in [2.75, 3.05) is 19.6 Å². The van der Waals surface area contributed by atoms with Crippen molar-refractivity contribution < 1.29 is 0 Å². The maximum Gasteiger partial charge on any atom is 0.347 e. The first-order valence-corrected chi connectivity index (χ1v) is 6.56. The fourth-order valence-corrected chi connectivity index (χ4v) is 2.53. The van der Waals surface area contributed by atoms with E-state index in [-0.39, 0.29) is 5.69 Å². The Morgan fingerprint density at radius 1 is 1.21 bits per heavy atom. The SMILES string of the molecule is O=c1ncccn1CCN1CCC(n2cccn2)C1. The fourth-order valence-electron chi connectivity index (χ4n) is 2.53. The summed E-state index contributed by atoms with van der Waals surface area (Å²) in [7, 11) is 0. The van der Waals surface area contributed by atoms with Gasteiger partial charge in [-0.25, -0.2) is 9.78 Å². The maximum atomic E-state index is 11.5. The van der Waals surface area contributed by atoms with E-state index in [4.69, 9.17) is 0 Å². The summed E-state index contributed by atoms with van der Waals surface area (Å²) in [6.45, 7) is 3.62. The lowest BCUT2D eigenvalue weighted by Gasteiger charge is -2.16. The van der Waals surface area contributed by atoms with Crippen LogP contribution in [0, 0.1) is 0 Å². The highest BCUT2D eigenvalue weighted by Crippen LogP contribution is 2.19. The summed E-state index contributed by atoms with van der Waals surface area (Å²) in [5.41, 5.74) is -0.176. The van der Waals surface area contributed by atoms with Gasteiger partial charge in [-0.1, -0.05) is 0 Å². The van der Waals surface area contributed by atoms with Gasteiger partial charge in [0, 0.05) is 51.0 Å². The Hall–Kier alpha value is -1.95. The van der Waals surface area contributed by atoms with Gasteiger partial charge in [-0.05, 0) is 18.6 Å². The van der Waals surface area contributed by atoms with Crippen LogP contribution in [0.15, 0.2) is 41.7 Å². The molecule has 1 aliphatic rings. The number of hydrogen-bond donors (Lipinski definition) is 0. The first kappa shape index (κ1) is 12.1. The summed E-state index contributed by atoms with van der Waals surface area (Å²) in [6, 6.07) is 4.20. The van der Waals surface area contributed by atoms with Gasteiger partial charge in [-0.15, -0.1) is 0 Å². The highest BCUT2D eigenvalue weighted by Gasteiger charge is 2.23. The molecule has 1 fully saturated rings. The molecule has 3 heterocycles.